The Balaban J connectivity index is 2.25. The molecule has 2 nitrogen and oxygen atoms in total. The number of benzene rings is 1. The standard InChI is InChI=1S/C14H19NO/c1-11-10-15(12(2)16)9-5-7-13-6-3-4-8-14(11)13/h3-4,6,8,11H,5,7,9-10H2,1-2H3. The summed E-state index contributed by atoms with van der Waals surface area (Å²) in [5.41, 5.74) is 2.87. The average Bonchev–Trinajstić information content (AvgIpc) is 2.25. The van der Waals surface area contributed by atoms with Gasteiger partial charge in [-0.05, 0) is 29.9 Å². The Hall–Kier alpha value is -1.31. The topological polar surface area (TPSA) is 20.3 Å². The van der Waals surface area contributed by atoms with Gasteiger partial charge in [0.05, 0.1) is 0 Å². The molecule has 2 rings (SSSR count). The first-order chi connectivity index (χ1) is 7.68. The van der Waals surface area contributed by atoms with Crippen LogP contribution in [0.2, 0.25) is 0 Å². The molecule has 1 aliphatic rings. The summed E-state index contributed by atoms with van der Waals surface area (Å²) in [6.07, 6.45) is 2.16. The molecule has 0 bridgehead atoms. The van der Waals surface area contributed by atoms with Crippen molar-refractivity contribution in [2.24, 2.45) is 0 Å². The van der Waals surface area contributed by atoms with Crippen molar-refractivity contribution in [3.63, 3.8) is 0 Å². The predicted molar refractivity (Wildman–Crippen MR) is 65.4 cm³/mol. The summed E-state index contributed by atoms with van der Waals surface area (Å²) in [4.78, 5) is 13.4. The summed E-state index contributed by atoms with van der Waals surface area (Å²) in [5.74, 6) is 0.645. The highest BCUT2D eigenvalue weighted by atomic mass is 16.2. The number of aryl methyl sites for hydroxylation is 1. The molecule has 0 fully saturated rings. The Morgan fingerprint density at radius 2 is 2.12 bits per heavy atom. The minimum Gasteiger partial charge on any atom is -0.342 e. The van der Waals surface area contributed by atoms with E-state index in [0.29, 0.717) is 5.92 Å². The van der Waals surface area contributed by atoms with Gasteiger partial charge in [0.15, 0.2) is 0 Å². The number of amides is 1. The molecular weight excluding hydrogens is 198 g/mol. The molecule has 86 valence electrons. The fraction of sp³-hybridized carbons (Fsp3) is 0.500. The summed E-state index contributed by atoms with van der Waals surface area (Å²) in [6.45, 7) is 5.63. The van der Waals surface area contributed by atoms with Crippen molar-refractivity contribution in [1.82, 2.24) is 4.90 Å². The zero-order valence-corrected chi connectivity index (χ0v) is 10.1. The number of rotatable bonds is 0. The highest BCUT2D eigenvalue weighted by Crippen LogP contribution is 2.24. The van der Waals surface area contributed by atoms with E-state index in [1.807, 2.05) is 4.90 Å². The largest absolute Gasteiger partial charge is 0.342 e. The van der Waals surface area contributed by atoms with Crippen LogP contribution in [-0.4, -0.2) is 23.9 Å². The van der Waals surface area contributed by atoms with Crippen LogP contribution < -0.4 is 0 Å². The molecule has 0 saturated carbocycles. The van der Waals surface area contributed by atoms with Crippen LogP contribution in [0.3, 0.4) is 0 Å². The average molecular weight is 217 g/mol. The SMILES string of the molecule is CC(=O)N1CCCc2ccccc2C(C)C1. The van der Waals surface area contributed by atoms with Crippen molar-refractivity contribution in [1.29, 1.82) is 0 Å². The number of nitrogens with zero attached hydrogens (tertiary/aromatic N) is 1. The molecule has 1 heterocycles. The lowest BCUT2D eigenvalue weighted by atomic mass is 9.91. The fourth-order valence-electron chi connectivity index (χ4n) is 2.51. The summed E-state index contributed by atoms with van der Waals surface area (Å²) in [7, 11) is 0. The van der Waals surface area contributed by atoms with E-state index in [1.54, 1.807) is 6.92 Å². The molecule has 2 heteroatoms. The minimum atomic E-state index is 0.200. The van der Waals surface area contributed by atoms with Gasteiger partial charge in [0.25, 0.3) is 0 Å². The van der Waals surface area contributed by atoms with Crippen molar-refractivity contribution in [2.75, 3.05) is 13.1 Å². The lowest BCUT2D eigenvalue weighted by Gasteiger charge is -2.29. The third-order valence-electron chi connectivity index (χ3n) is 3.40. The monoisotopic (exact) mass is 217 g/mol. The first kappa shape index (κ1) is 11.2. The van der Waals surface area contributed by atoms with E-state index < -0.39 is 0 Å². The van der Waals surface area contributed by atoms with Gasteiger partial charge in [-0.2, -0.15) is 0 Å². The summed E-state index contributed by atoms with van der Waals surface area (Å²) in [6, 6.07) is 8.61. The van der Waals surface area contributed by atoms with Crippen molar-refractivity contribution in [3.8, 4) is 0 Å². The number of carbonyl (C=O) groups is 1. The zero-order chi connectivity index (χ0) is 11.5. The molecule has 0 aliphatic carbocycles. The van der Waals surface area contributed by atoms with Crippen molar-refractivity contribution in [2.45, 2.75) is 32.6 Å². The number of carbonyl (C=O) groups excluding carboxylic acids is 1. The minimum absolute atomic E-state index is 0.200. The van der Waals surface area contributed by atoms with Gasteiger partial charge in [0.2, 0.25) is 5.91 Å². The van der Waals surface area contributed by atoms with Gasteiger partial charge in [-0.25, -0.2) is 0 Å². The lowest BCUT2D eigenvalue weighted by Crippen LogP contribution is -2.34. The second-order valence-corrected chi connectivity index (χ2v) is 4.67. The van der Waals surface area contributed by atoms with E-state index in [-0.39, 0.29) is 5.91 Å². The van der Waals surface area contributed by atoms with E-state index in [9.17, 15) is 4.79 Å². The van der Waals surface area contributed by atoms with Gasteiger partial charge in [-0.3, -0.25) is 4.79 Å². The van der Waals surface area contributed by atoms with Crippen molar-refractivity contribution >= 4 is 5.91 Å². The summed E-state index contributed by atoms with van der Waals surface area (Å²) >= 11 is 0. The van der Waals surface area contributed by atoms with Gasteiger partial charge in [0, 0.05) is 20.0 Å². The van der Waals surface area contributed by atoms with Gasteiger partial charge in [-0.1, -0.05) is 31.2 Å². The smallest absolute Gasteiger partial charge is 0.219 e. The Kier molecular flexibility index (Phi) is 3.28. The molecule has 1 amide bonds. The van der Waals surface area contributed by atoms with Crippen LogP contribution in [0, 0.1) is 0 Å². The van der Waals surface area contributed by atoms with Crippen LogP contribution in [0.1, 0.15) is 37.3 Å². The van der Waals surface area contributed by atoms with Crippen molar-refractivity contribution < 1.29 is 4.79 Å². The first-order valence-electron chi connectivity index (χ1n) is 6.02. The second kappa shape index (κ2) is 4.69. The van der Waals surface area contributed by atoms with E-state index >= 15 is 0 Å². The molecule has 16 heavy (non-hydrogen) atoms. The molecule has 1 atom stereocenters. The summed E-state index contributed by atoms with van der Waals surface area (Å²) in [5, 5.41) is 0. The van der Waals surface area contributed by atoms with E-state index in [1.165, 1.54) is 11.1 Å². The molecule has 0 N–H and O–H groups in total. The highest BCUT2D eigenvalue weighted by Gasteiger charge is 2.19. The Bertz CT molecular complexity index is 386. The van der Waals surface area contributed by atoms with Crippen molar-refractivity contribution in [3.05, 3.63) is 35.4 Å². The van der Waals surface area contributed by atoms with E-state index in [0.717, 1.165) is 25.9 Å². The molecule has 1 unspecified atom stereocenters. The van der Waals surface area contributed by atoms with E-state index in [2.05, 4.69) is 31.2 Å². The highest BCUT2D eigenvalue weighted by molar-refractivity contribution is 5.73. The quantitative estimate of drug-likeness (QED) is 0.654. The molecular formula is C14H19NO. The van der Waals surface area contributed by atoms with Crippen LogP contribution in [0.15, 0.2) is 24.3 Å². The van der Waals surface area contributed by atoms with Crippen LogP contribution in [0.4, 0.5) is 0 Å². The van der Waals surface area contributed by atoms with Crippen LogP contribution in [-0.2, 0) is 11.2 Å². The van der Waals surface area contributed by atoms with Gasteiger partial charge in [0.1, 0.15) is 0 Å². The van der Waals surface area contributed by atoms with E-state index in [4.69, 9.17) is 0 Å². The van der Waals surface area contributed by atoms with Crippen LogP contribution in [0.25, 0.3) is 0 Å². The molecule has 0 radical (unpaired) electrons. The summed E-state index contributed by atoms with van der Waals surface area (Å²) < 4.78 is 0. The maximum Gasteiger partial charge on any atom is 0.219 e. The zero-order valence-electron chi connectivity index (χ0n) is 10.1. The molecule has 0 spiro atoms. The van der Waals surface area contributed by atoms with Crippen LogP contribution >= 0.6 is 0 Å². The second-order valence-electron chi connectivity index (χ2n) is 4.67. The predicted octanol–water partition coefficient (Wildman–Crippen LogP) is 2.58. The maximum atomic E-state index is 11.4. The van der Waals surface area contributed by atoms with Gasteiger partial charge in [-0.15, -0.1) is 0 Å². The molecule has 0 aromatic heterocycles. The first-order valence-corrected chi connectivity index (χ1v) is 6.02. The van der Waals surface area contributed by atoms with Crippen LogP contribution in [0.5, 0.6) is 0 Å². The fourth-order valence-corrected chi connectivity index (χ4v) is 2.51. The number of fused-ring (bicyclic) bond motifs is 1. The number of hydrogen-bond donors (Lipinski definition) is 0. The third kappa shape index (κ3) is 2.26. The third-order valence-corrected chi connectivity index (χ3v) is 3.40. The lowest BCUT2D eigenvalue weighted by molar-refractivity contribution is -0.129. The number of hydrogen-bond acceptors (Lipinski definition) is 1. The Morgan fingerprint density at radius 3 is 2.88 bits per heavy atom. The maximum absolute atomic E-state index is 11.4. The molecule has 1 aromatic carbocycles. The molecule has 1 aliphatic heterocycles. The molecule has 1 aromatic rings. The normalized spacial score (nSPS) is 20.9. The van der Waals surface area contributed by atoms with Gasteiger partial charge >= 0.3 is 0 Å². The Labute approximate surface area is 97.3 Å². The van der Waals surface area contributed by atoms with Gasteiger partial charge < -0.3 is 4.90 Å². The Morgan fingerprint density at radius 1 is 1.38 bits per heavy atom. The molecule has 0 saturated heterocycles.